The topological polar surface area (TPSA) is 0 Å². The fourth-order valence-electron chi connectivity index (χ4n) is 3.87. The van der Waals surface area contributed by atoms with Gasteiger partial charge in [-0.25, -0.2) is 0 Å². The Morgan fingerprint density at radius 1 is 0.204 bits per heavy atom. The fraction of sp³-hybridized carbons (Fsp3) is 1.00. The van der Waals surface area contributed by atoms with E-state index >= 15 is 0 Å². The Morgan fingerprint density at radius 3 is 0.409 bits per heavy atom. The van der Waals surface area contributed by atoms with Gasteiger partial charge in [0.2, 0.25) is 0 Å². The zero-order chi connectivity index (χ0) is 78.5. The normalized spacial score (nSPS) is 9.94. The second kappa shape index (κ2) is 125. The molecule has 0 amide bonds. The second-order valence-electron chi connectivity index (χ2n) is 34.2. The van der Waals surface area contributed by atoms with Crippen LogP contribution >= 0.6 is 0 Å². The van der Waals surface area contributed by atoms with Gasteiger partial charge in [-0.15, -0.1) is 0 Å². The lowest BCUT2D eigenvalue weighted by atomic mass is 9.94. The van der Waals surface area contributed by atoms with E-state index < -0.39 is 0 Å². The van der Waals surface area contributed by atoms with Crippen molar-refractivity contribution >= 4 is 0 Å². The first-order chi connectivity index (χ1) is 42.5. The second-order valence-corrected chi connectivity index (χ2v) is 34.2. The molecule has 0 bridgehead atoms. The van der Waals surface area contributed by atoms with Gasteiger partial charge in [-0.3, -0.25) is 0 Å². The van der Waals surface area contributed by atoms with Gasteiger partial charge >= 0.3 is 0 Å². The molecule has 0 aliphatic heterocycles. The lowest BCUT2D eigenvalue weighted by molar-refractivity contribution is 0.397. The Balaban J connectivity index is -0.0000000441. The summed E-state index contributed by atoms with van der Waals surface area (Å²) >= 11 is 0. The first-order valence-electron chi connectivity index (χ1n) is 42.5. The number of unbranched alkanes of at least 4 members (excludes halogenated alkanes) is 11. The van der Waals surface area contributed by atoms with Gasteiger partial charge in [0.1, 0.15) is 0 Å². The number of hydrogen-bond acceptors (Lipinski definition) is 0. The highest BCUT2D eigenvalue weighted by molar-refractivity contribution is 4.56. The van der Waals surface area contributed by atoms with Gasteiger partial charge in [0.15, 0.2) is 0 Å². The van der Waals surface area contributed by atoms with E-state index in [9.17, 15) is 0 Å². The minimum absolute atomic E-state index is 0.500. The Bertz CT molecular complexity index is 859. The summed E-state index contributed by atoms with van der Waals surface area (Å²) < 4.78 is 0. The molecule has 0 aromatic rings. The van der Waals surface area contributed by atoms with Gasteiger partial charge in [0.05, 0.1) is 0 Å². The molecule has 0 rings (SSSR count). The molecule has 0 N–H and O–H groups in total. The fourth-order valence-corrected chi connectivity index (χ4v) is 3.87. The molecular weight excluding hydrogens is 1120 g/mol. The molecule has 0 saturated carbocycles. The third-order valence-electron chi connectivity index (χ3n) is 14.1. The van der Waals surface area contributed by atoms with Crippen molar-refractivity contribution < 1.29 is 0 Å². The van der Waals surface area contributed by atoms with Crippen LogP contribution in [0.15, 0.2) is 0 Å². The van der Waals surface area contributed by atoms with E-state index in [0.717, 1.165) is 59.2 Å². The maximum atomic E-state index is 2.28. The third-order valence-corrected chi connectivity index (χ3v) is 14.1. The minimum atomic E-state index is 0.500. The highest BCUT2D eigenvalue weighted by Gasteiger charge is 2.04. The van der Waals surface area contributed by atoms with Crippen molar-refractivity contribution in [1.29, 1.82) is 0 Å². The number of rotatable bonds is 24. The van der Waals surface area contributed by atoms with Crippen LogP contribution in [0.25, 0.3) is 0 Å². The molecule has 0 radical (unpaired) electrons. The van der Waals surface area contributed by atoms with Crippen LogP contribution in [0.3, 0.4) is 0 Å². The summed E-state index contributed by atoms with van der Waals surface area (Å²) in [5.41, 5.74) is 1.58. The van der Waals surface area contributed by atoms with Crippen LogP contribution in [0.4, 0.5) is 0 Å². The lowest BCUT2D eigenvalue weighted by Gasteiger charge is -2.12. The van der Waals surface area contributed by atoms with E-state index in [2.05, 4.69) is 346 Å². The van der Waals surface area contributed by atoms with E-state index in [4.69, 9.17) is 0 Å². The average molecular weight is 1340 g/mol. The number of hydrogen-bond donors (Lipinski definition) is 0. The SMILES string of the molecule is CC(C)(C)C.CC(C)C.CC(C)C(C)C.CCC.CCC(C)(C)C.CCC(C)(C)C.CCC(C)C.CCC(C)C.CCC(C)CC.CCC(C)CC.CCCC.CCCC(C)C.CCCC(C)C.CCCCC.CCCCC(C)C.CCCCCC.CCCCCCC. The van der Waals surface area contributed by atoms with Gasteiger partial charge < -0.3 is 0 Å². The van der Waals surface area contributed by atoms with E-state index in [1.807, 2.05) is 0 Å². The molecule has 0 heteroatoms. The Morgan fingerprint density at radius 2 is 0.366 bits per heavy atom. The van der Waals surface area contributed by atoms with Crippen molar-refractivity contribution in [2.75, 3.05) is 0 Å². The predicted molar refractivity (Wildman–Crippen MR) is 464 cm³/mol. The molecule has 0 aliphatic carbocycles. The average Bonchev–Trinajstić information content (AvgIpc) is 3.59. The quantitative estimate of drug-likeness (QED) is 0.0845. The zero-order valence-corrected chi connectivity index (χ0v) is 78.5. The van der Waals surface area contributed by atoms with Gasteiger partial charge in [-0.1, -0.05) is 539 Å². The summed E-state index contributed by atoms with van der Waals surface area (Å²) in [4.78, 5) is 0. The predicted octanol–water partition coefficient (Wildman–Crippen LogP) is 38.6. The smallest absolute Gasteiger partial charge is 0.0385 e. The maximum Gasteiger partial charge on any atom is -0.0385 e. The van der Waals surface area contributed by atoms with Crippen molar-refractivity contribution in [3.8, 4) is 0 Å². The summed E-state index contributed by atoms with van der Waals surface area (Å²) in [6, 6.07) is 0. The molecule has 592 valence electrons. The first-order valence-corrected chi connectivity index (χ1v) is 42.5. The summed E-state index contributed by atoms with van der Waals surface area (Å²) in [7, 11) is 0. The molecule has 93 heavy (non-hydrogen) atoms. The van der Waals surface area contributed by atoms with Crippen LogP contribution in [0.5, 0.6) is 0 Å². The van der Waals surface area contributed by atoms with Crippen molar-refractivity contribution in [3.63, 3.8) is 0 Å². The third kappa shape index (κ3) is 422. The molecular formula is C93H220. The molecule has 0 unspecified atom stereocenters. The van der Waals surface area contributed by atoms with Gasteiger partial charge in [0, 0.05) is 0 Å². The molecule has 0 aromatic heterocycles. The van der Waals surface area contributed by atoms with Crippen molar-refractivity contribution in [3.05, 3.63) is 0 Å². The largest absolute Gasteiger partial charge is 0.0656 e. The first kappa shape index (κ1) is 136. The minimum Gasteiger partial charge on any atom is -0.0656 e. The maximum absolute atomic E-state index is 2.28. The molecule has 0 aromatic carbocycles. The molecule has 0 fully saturated rings. The zero-order valence-electron chi connectivity index (χ0n) is 78.5. The van der Waals surface area contributed by atoms with Crippen molar-refractivity contribution in [2.24, 2.45) is 75.4 Å². The van der Waals surface area contributed by atoms with Crippen LogP contribution < -0.4 is 0 Å². The van der Waals surface area contributed by atoms with Gasteiger partial charge in [0.25, 0.3) is 0 Å². The van der Waals surface area contributed by atoms with E-state index in [-0.39, 0.29) is 0 Å². The Hall–Kier alpha value is 0. The molecule has 0 saturated heterocycles. The summed E-state index contributed by atoms with van der Waals surface area (Å²) in [6.07, 6.45) is 40.5. The molecule has 0 nitrogen and oxygen atoms in total. The van der Waals surface area contributed by atoms with Crippen LogP contribution in [0.2, 0.25) is 0 Å². The highest BCUT2D eigenvalue weighted by atomic mass is 14.1. The summed E-state index contributed by atoms with van der Waals surface area (Å²) in [5.74, 6) is 8.87. The van der Waals surface area contributed by atoms with Gasteiger partial charge in [-0.05, 0) is 75.4 Å². The highest BCUT2D eigenvalue weighted by Crippen LogP contribution is 2.17. The molecule has 0 aliphatic rings. The summed E-state index contributed by atoms with van der Waals surface area (Å²) in [6.45, 7) is 111. The Kier molecular flexibility index (Phi) is 183. The molecule has 0 atom stereocenters. The molecule has 0 heterocycles. The molecule has 0 spiro atoms. The van der Waals surface area contributed by atoms with E-state index in [0.29, 0.717) is 16.2 Å². The van der Waals surface area contributed by atoms with Crippen LogP contribution in [-0.2, 0) is 0 Å². The monoisotopic (exact) mass is 1340 g/mol. The van der Waals surface area contributed by atoms with Crippen molar-refractivity contribution in [2.45, 2.75) is 539 Å². The van der Waals surface area contributed by atoms with Gasteiger partial charge in [-0.2, -0.15) is 0 Å². The van der Waals surface area contributed by atoms with Crippen LogP contribution in [-0.4, -0.2) is 0 Å². The summed E-state index contributed by atoms with van der Waals surface area (Å²) in [5, 5.41) is 0. The van der Waals surface area contributed by atoms with Crippen LogP contribution in [0.1, 0.15) is 539 Å². The van der Waals surface area contributed by atoms with Crippen molar-refractivity contribution in [1.82, 2.24) is 0 Å². The lowest BCUT2D eigenvalue weighted by Crippen LogP contribution is -2.00. The van der Waals surface area contributed by atoms with E-state index in [1.165, 1.54) is 193 Å². The van der Waals surface area contributed by atoms with E-state index in [1.54, 1.807) is 0 Å². The standard InChI is InChI=1S/2C7H16.8C6H14.4C5H12.2C4H10.C3H8/c1-4-5-6-7(2)3;1-3-5-7-6-4-2;2*1-5-6(2,3)4;1-5(2)6(3)4;2*1-4-5-6(2)3;2*1-4-6(3)5-2;1-3-5-6-4-2;1-5(2,3)4;2*1-4-5(2)3;1-3-5-4-2;1-4(2)3;1-3-4-2;1-3-2/h7H,4-6H2,1-3H3;3-7H2,1-2H3;2*5H2,1-4H3;5-6H,1-4H3;4*6H,4-5H2,1-3H3;3-6H2,1-2H3;1-4H3;2*5H,4H2,1-3H3;3-5H2,1-2H3;4H,1-3H3;3-4H2,1-2H3;3H2,1-2H3. The Labute approximate surface area is 610 Å². The van der Waals surface area contributed by atoms with Crippen LogP contribution in [0, 0.1) is 75.4 Å².